The van der Waals surface area contributed by atoms with Gasteiger partial charge in [-0.3, -0.25) is 0 Å². The molecule has 10 aromatic carbocycles. The molecule has 11 rings (SSSR count). The highest BCUT2D eigenvalue weighted by molar-refractivity contribution is 6.09. The van der Waals surface area contributed by atoms with Crippen LogP contribution in [0.3, 0.4) is 0 Å². The van der Waals surface area contributed by atoms with Gasteiger partial charge in [-0.2, -0.15) is 0 Å². The molecule has 0 aliphatic carbocycles. The molecule has 0 N–H and O–H groups in total. The molecule has 0 saturated carbocycles. The zero-order valence-corrected chi connectivity index (χ0v) is 33.0. The maximum Gasteiger partial charge on any atom is 0.0541 e. The lowest BCUT2D eigenvalue weighted by molar-refractivity contribution is 1.18. The van der Waals surface area contributed by atoms with Crippen LogP contribution >= 0.6 is 0 Å². The summed E-state index contributed by atoms with van der Waals surface area (Å²) in [6.45, 7) is 0. The van der Waals surface area contributed by atoms with E-state index in [4.69, 9.17) is 0 Å². The van der Waals surface area contributed by atoms with E-state index in [1.54, 1.807) is 0 Å². The number of rotatable bonds is 8. The molecule has 1 aromatic heterocycles. The molecule has 0 amide bonds. The number of anilines is 3. The Morgan fingerprint density at radius 3 is 1.23 bits per heavy atom. The number of nitrogens with zero attached hydrogens (tertiary/aromatic N) is 2. The summed E-state index contributed by atoms with van der Waals surface area (Å²) in [4.78, 5) is 2.36. The predicted molar refractivity (Wildman–Crippen MR) is 255 cm³/mol. The van der Waals surface area contributed by atoms with E-state index in [-0.39, 0.29) is 0 Å². The van der Waals surface area contributed by atoms with Crippen LogP contribution in [0.5, 0.6) is 0 Å². The van der Waals surface area contributed by atoms with Crippen LogP contribution in [0.25, 0.3) is 82.8 Å². The van der Waals surface area contributed by atoms with Gasteiger partial charge in [0, 0.05) is 33.5 Å². The van der Waals surface area contributed by atoms with Crippen molar-refractivity contribution >= 4 is 49.6 Å². The number of hydrogen-bond donors (Lipinski definition) is 0. The van der Waals surface area contributed by atoms with Gasteiger partial charge in [-0.15, -0.1) is 0 Å². The Morgan fingerprint density at radius 2 is 0.683 bits per heavy atom. The van der Waals surface area contributed by atoms with Crippen molar-refractivity contribution in [1.29, 1.82) is 0 Å². The zero-order chi connectivity index (χ0) is 39.8. The molecule has 0 atom stereocenters. The van der Waals surface area contributed by atoms with E-state index in [1.807, 2.05) is 0 Å². The Kier molecular flexibility index (Phi) is 8.87. The van der Waals surface area contributed by atoms with Gasteiger partial charge in [-0.1, -0.05) is 182 Å². The second-order valence-corrected chi connectivity index (χ2v) is 15.3. The van der Waals surface area contributed by atoms with Crippen molar-refractivity contribution < 1.29 is 0 Å². The van der Waals surface area contributed by atoms with Gasteiger partial charge in [0.15, 0.2) is 0 Å². The number of benzene rings is 10. The van der Waals surface area contributed by atoms with Crippen LogP contribution in [-0.2, 0) is 0 Å². The van der Waals surface area contributed by atoms with Crippen LogP contribution in [0.1, 0.15) is 0 Å². The van der Waals surface area contributed by atoms with Crippen molar-refractivity contribution in [2.45, 2.75) is 0 Å². The average Bonchev–Trinajstić information content (AvgIpc) is 3.67. The molecule has 0 fully saturated rings. The quantitative estimate of drug-likeness (QED) is 0.150. The lowest BCUT2D eigenvalue weighted by atomic mass is 9.91. The first kappa shape index (κ1) is 35.2. The van der Waals surface area contributed by atoms with Crippen molar-refractivity contribution in [3.8, 4) is 50.2 Å². The fourth-order valence-electron chi connectivity index (χ4n) is 8.94. The highest BCUT2D eigenvalue weighted by Crippen LogP contribution is 2.41. The number of fused-ring (bicyclic) bond motifs is 4. The van der Waals surface area contributed by atoms with Gasteiger partial charge in [0.2, 0.25) is 0 Å². The topological polar surface area (TPSA) is 8.17 Å². The lowest BCUT2D eigenvalue weighted by Crippen LogP contribution is -2.09. The molecule has 0 saturated heterocycles. The van der Waals surface area contributed by atoms with Crippen molar-refractivity contribution in [3.05, 3.63) is 243 Å². The smallest absolute Gasteiger partial charge is 0.0541 e. The average molecular weight is 765 g/mol. The molecule has 1 heterocycles. The Hall–Kier alpha value is -7.94. The van der Waals surface area contributed by atoms with Crippen molar-refractivity contribution in [1.82, 2.24) is 4.57 Å². The standard InChI is InChI=1S/C58H40N2/c1-3-14-41(15-4-1)42-28-34-48(35-29-42)59(50-38-32-45(33-39-50)53-25-13-19-46-18-12-24-52(58(46)53)44-16-5-2-6-17-44)49-36-30-43(31-37-49)47-20-11-21-51(40-47)60-56-26-9-7-22-54(56)55-23-8-10-27-57(55)60/h1-40H. The van der Waals surface area contributed by atoms with Gasteiger partial charge in [-0.05, 0) is 116 Å². The van der Waals surface area contributed by atoms with E-state index in [1.165, 1.54) is 77.1 Å². The minimum Gasteiger partial charge on any atom is -0.311 e. The first-order chi connectivity index (χ1) is 29.8. The van der Waals surface area contributed by atoms with E-state index in [0.29, 0.717) is 0 Å². The number of aromatic nitrogens is 1. The molecule has 0 bridgehead atoms. The molecule has 60 heavy (non-hydrogen) atoms. The molecule has 282 valence electrons. The summed E-state index contributed by atoms with van der Waals surface area (Å²) >= 11 is 0. The van der Waals surface area contributed by atoms with Gasteiger partial charge in [0.25, 0.3) is 0 Å². The van der Waals surface area contributed by atoms with E-state index in [2.05, 4.69) is 252 Å². The Morgan fingerprint density at radius 1 is 0.283 bits per heavy atom. The molecular formula is C58H40N2. The highest BCUT2D eigenvalue weighted by atomic mass is 15.1. The maximum absolute atomic E-state index is 2.38. The monoisotopic (exact) mass is 764 g/mol. The molecule has 0 radical (unpaired) electrons. The second-order valence-electron chi connectivity index (χ2n) is 15.3. The van der Waals surface area contributed by atoms with E-state index >= 15 is 0 Å². The highest BCUT2D eigenvalue weighted by Gasteiger charge is 2.17. The van der Waals surface area contributed by atoms with Gasteiger partial charge < -0.3 is 9.47 Å². The summed E-state index contributed by atoms with van der Waals surface area (Å²) in [5.41, 5.74) is 16.5. The van der Waals surface area contributed by atoms with Gasteiger partial charge in [0.1, 0.15) is 0 Å². The first-order valence-corrected chi connectivity index (χ1v) is 20.6. The summed E-state index contributed by atoms with van der Waals surface area (Å²) < 4.78 is 2.38. The van der Waals surface area contributed by atoms with Crippen LogP contribution in [-0.4, -0.2) is 4.57 Å². The molecule has 2 nitrogen and oxygen atoms in total. The van der Waals surface area contributed by atoms with E-state index in [9.17, 15) is 0 Å². The summed E-state index contributed by atoms with van der Waals surface area (Å²) in [6.07, 6.45) is 0. The summed E-state index contributed by atoms with van der Waals surface area (Å²) in [7, 11) is 0. The minimum absolute atomic E-state index is 1.09. The van der Waals surface area contributed by atoms with Crippen molar-refractivity contribution in [2.24, 2.45) is 0 Å². The fourth-order valence-corrected chi connectivity index (χ4v) is 8.94. The van der Waals surface area contributed by atoms with Crippen LogP contribution in [0.4, 0.5) is 17.1 Å². The summed E-state index contributed by atoms with van der Waals surface area (Å²) in [5.74, 6) is 0. The van der Waals surface area contributed by atoms with Crippen molar-refractivity contribution in [2.75, 3.05) is 4.90 Å². The molecule has 11 aromatic rings. The lowest BCUT2D eigenvalue weighted by Gasteiger charge is -2.26. The number of hydrogen-bond acceptors (Lipinski definition) is 1. The second kappa shape index (κ2) is 15.1. The normalized spacial score (nSPS) is 11.3. The van der Waals surface area contributed by atoms with Crippen LogP contribution in [0.15, 0.2) is 243 Å². The van der Waals surface area contributed by atoms with Gasteiger partial charge >= 0.3 is 0 Å². The summed E-state index contributed by atoms with van der Waals surface area (Å²) in [6, 6.07) is 87.8. The molecule has 2 heteroatoms. The van der Waals surface area contributed by atoms with E-state index < -0.39 is 0 Å². The molecule has 0 unspecified atom stereocenters. The Balaban J connectivity index is 0.979. The SMILES string of the molecule is c1ccc(-c2ccc(N(c3ccc(-c4cccc(-n5c6ccccc6c6ccccc65)c4)cc3)c3ccc(-c4cccc5cccc(-c6ccccc6)c45)cc3)cc2)cc1. The summed E-state index contributed by atoms with van der Waals surface area (Å²) in [5, 5.41) is 5.03. The maximum atomic E-state index is 2.38. The minimum atomic E-state index is 1.09. The molecular weight excluding hydrogens is 725 g/mol. The van der Waals surface area contributed by atoms with Crippen LogP contribution in [0.2, 0.25) is 0 Å². The van der Waals surface area contributed by atoms with Gasteiger partial charge in [-0.25, -0.2) is 0 Å². The molecule has 0 aliphatic heterocycles. The zero-order valence-electron chi connectivity index (χ0n) is 33.0. The predicted octanol–water partition coefficient (Wildman–Crippen LogP) is 16.1. The molecule has 0 aliphatic rings. The molecule has 0 spiro atoms. The van der Waals surface area contributed by atoms with Gasteiger partial charge in [0.05, 0.1) is 11.0 Å². The Labute approximate surface area is 350 Å². The van der Waals surface area contributed by atoms with Crippen LogP contribution in [0, 0.1) is 0 Å². The van der Waals surface area contributed by atoms with E-state index in [0.717, 1.165) is 22.7 Å². The fraction of sp³-hybridized carbons (Fsp3) is 0. The third kappa shape index (κ3) is 6.32. The first-order valence-electron chi connectivity index (χ1n) is 20.6. The third-order valence-electron chi connectivity index (χ3n) is 11.8. The Bertz CT molecular complexity index is 3210. The largest absolute Gasteiger partial charge is 0.311 e. The third-order valence-corrected chi connectivity index (χ3v) is 11.8. The number of para-hydroxylation sites is 2. The van der Waals surface area contributed by atoms with Crippen molar-refractivity contribution in [3.63, 3.8) is 0 Å². The van der Waals surface area contributed by atoms with Crippen LogP contribution < -0.4 is 4.90 Å².